The van der Waals surface area contributed by atoms with Gasteiger partial charge < -0.3 is 15.1 Å². The third-order valence-electron chi connectivity index (χ3n) is 3.17. The molecule has 1 aromatic heterocycles. The third-order valence-corrected chi connectivity index (χ3v) is 3.17. The minimum Gasteiger partial charge on any atom is -0.474 e. The van der Waals surface area contributed by atoms with E-state index in [2.05, 4.69) is 27.3 Å². The van der Waals surface area contributed by atoms with Crippen molar-refractivity contribution in [3.8, 4) is 5.88 Å². The molecular formula is C12H21N5O. The molecule has 1 fully saturated rings. The maximum Gasteiger partial charge on any atom is 0.219 e. The minimum absolute atomic E-state index is 0.242. The zero-order valence-electron chi connectivity index (χ0n) is 11.0. The summed E-state index contributed by atoms with van der Waals surface area (Å²) < 4.78 is 5.92. The summed E-state index contributed by atoms with van der Waals surface area (Å²) in [5.74, 6) is 7.35. The van der Waals surface area contributed by atoms with E-state index >= 15 is 0 Å². The van der Waals surface area contributed by atoms with Gasteiger partial charge in [0.1, 0.15) is 17.7 Å². The highest BCUT2D eigenvalue weighted by atomic mass is 16.5. The Balaban J connectivity index is 2.03. The highest BCUT2D eigenvalue weighted by molar-refractivity contribution is 5.37. The molecule has 0 spiro atoms. The van der Waals surface area contributed by atoms with Crippen LogP contribution in [0.4, 0.5) is 5.82 Å². The number of aromatic nitrogens is 2. The largest absolute Gasteiger partial charge is 0.474 e. The molecule has 2 heterocycles. The van der Waals surface area contributed by atoms with Crippen LogP contribution in [0.5, 0.6) is 5.88 Å². The number of nitrogens with one attached hydrogen (secondary N) is 1. The summed E-state index contributed by atoms with van der Waals surface area (Å²) in [4.78, 5) is 10.9. The van der Waals surface area contributed by atoms with Gasteiger partial charge in [0, 0.05) is 25.6 Å². The Morgan fingerprint density at radius 2 is 2.17 bits per heavy atom. The zero-order valence-corrected chi connectivity index (χ0v) is 11.0. The summed E-state index contributed by atoms with van der Waals surface area (Å²) in [6, 6.07) is 1.75. The molecule has 0 amide bonds. The number of nitrogen functional groups attached to an aromatic ring is 1. The second-order valence-electron chi connectivity index (χ2n) is 4.63. The minimum atomic E-state index is 0.242. The first-order chi connectivity index (χ1) is 8.71. The van der Waals surface area contributed by atoms with Gasteiger partial charge in [0.2, 0.25) is 5.88 Å². The monoisotopic (exact) mass is 251 g/mol. The maximum absolute atomic E-state index is 5.92. The topological polar surface area (TPSA) is 76.3 Å². The molecule has 0 saturated carbocycles. The Labute approximate surface area is 108 Å². The normalized spacial score (nSPS) is 17.7. The molecule has 0 radical (unpaired) electrons. The van der Waals surface area contributed by atoms with Crippen molar-refractivity contribution >= 4 is 5.82 Å². The van der Waals surface area contributed by atoms with Crippen molar-refractivity contribution in [2.24, 2.45) is 5.84 Å². The molecule has 0 unspecified atom stereocenters. The third kappa shape index (κ3) is 3.30. The van der Waals surface area contributed by atoms with Crippen LogP contribution in [0.1, 0.15) is 25.6 Å². The number of likely N-dealkylation sites (tertiary alicyclic amines) is 1. The quantitative estimate of drug-likeness (QED) is 0.609. The van der Waals surface area contributed by atoms with Crippen LogP contribution in [0.15, 0.2) is 6.07 Å². The van der Waals surface area contributed by atoms with Crippen LogP contribution in [0, 0.1) is 0 Å². The van der Waals surface area contributed by atoms with Crippen LogP contribution in [0.2, 0.25) is 0 Å². The molecule has 2 rings (SSSR count). The lowest BCUT2D eigenvalue weighted by molar-refractivity contribution is 0.109. The molecule has 1 aliphatic heterocycles. The molecule has 0 bridgehead atoms. The van der Waals surface area contributed by atoms with E-state index in [1.165, 1.54) is 0 Å². The lowest BCUT2D eigenvalue weighted by Crippen LogP contribution is -2.35. The van der Waals surface area contributed by atoms with Crippen molar-refractivity contribution < 1.29 is 4.74 Å². The van der Waals surface area contributed by atoms with Gasteiger partial charge in [-0.15, -0.1) is 0 Å². The number of nitrogens with zero attached hydrogens (tertiary/aromatic N) is 3. The van der Waals surface area contributed by atoms with Gasteiger partial charge in [-0.05, 0) is 19.9 Å². The number of hydrazine groups is 1. The Morgan fingerprint density at radius 3 is 2.78 bits per heavy atom. The van der Waals surface area contributed by atoms with Gasteiger partial charge in [-0.2, -0.15) is 4.98 Å². The lowest BCUT2D eigenvalue weighted by Gasteiger charge is -2.29. The molecule has 100 valence electrons. The molecule has 0 aliphatic carbocycles. The summed E-state index contributed by atoms with van der Waals surface area (Å²) in [5, 5.41) is 0. The van der Waals surface area contributed by atoms with Crippen LogP contribution in [0.3, 0.4) is 0 Å². The molecule has 0 aromatic carbocycles. The Kier molecular flexibility index (Phi) is 4.33. The van der Waals surface area contributed by atoms with E-state index in [9.17, 15) is 0 Å². The van der Waals surface area contributed by atoms with Crippen LogP contribution in [-0.4, -0.2) is 41.1 Å². The van der Waals surface area contributed by atoms with Gasteiger partial charge in [0.05, 0.1) is 0 Å². The molecule has 6 heteroatoms. The van der Waals surface area contributed by atoms with Gasteiger partial charge in [-0.3, -0.25) is 0 Å². The Morgan fingerprint density at radius 1 is 1.44 bits per heavy atom. The average Bonchev–Trinajstić information content (AvgIpc) is 2.41. The van der Waals surface area contributed by atoms with E-state index in [-0.39, 0.29) is 6.10 Å². The highest BCUT2D eigenvalue weighted by Gasteiger charge is 2.19. The summed E-state index contributed by atoms with van der Waals surface area (Å²) in [7, 11) is 2.13. The van der Waals surface area contributed by atoms with E-state index in [1.54, 1.807) is 6.07 Å². The number of piperidine rings is 1. The van der Waals surface area contributed by atoms with Gasteiger partial charge >= 0.3 is 0 Å². The number of ether oxygens (including phenoxy) is 1. The number of anilines is 1. The summed E-state index contributed by atoms with van der Waals surface area (Å²) in [5.41, 5.74) is 2.55. The highest BCUT2D eigenvalue weighted by Crippen LogP contribution is 2.19. The molecule has 1 aromatic rings. The van der Waals surface area contributed by atoms with Gasteiger partial charge in [0.15, 0.2) is 0 Å². The molecule has 18 heavy (non-hydrogen) atoms. The Bertz CT molecular complexity index is 368. The van der Waals surface area contributed by atoms with Crippen molar-refractivity contribution in [2.45, 2.75) is 32.3 Å². The van der Waals surface area contributed by atoms with Crippen molar-refractivity contribution in [1.29, 1.82) is 0 Å². The van der Waals surface area contributed by atoms with Crippen molar-refractivity contribution in [1.82, 2.24) is 14.9 Å². The Hall–Kier alpha value is -1.40. The predicted octanol–water partition coefficient (Wildman–Crippen LogP) is 0.798. The van der Waals surface area contributed by atoms with Crippen LogP contribution >= 0.6 is 0 Å². The van der Waals surface area contributed by atoms with Crippen molar-refractivity contribution in [3.63, 3.8) is 0 Å². The predicted molar refractivity (Wildman–Crippen MR) is 70.4 cm³/mol. The van der Waals surface area contributed by atoms with Crippen molar-refractivity contribution in [2.75, 3.05) is 25.6 Å². The van der Waals surface area contributed by atoms with Gasteiger partial charge in [-0.25, -0.2) is 10.8 Å². The number of hydrogen-bond donors (Lipinski definition) is 2. The van der Waals surface area contributed by atoms with E-state index in [0.29, 0.717) is 11.7 Å². The van der Waals surface area contributed by atoms with Crippen LogP contribution in [-0.2, 0) is 6.42 Å². The van der Waals surface area contributed by atoms with E-state index in [1.807, 2.05) is 6.92 Å². The molecule has 3 N–H and O–H groups in total. The van der Waals surface area contributed by atoms with Crippen molar-refractivity contribution in [3.05, 3.63) is 11.9 Å². The maximum atomic E-state index is 5.92. The van der Waals surface area contributed by atoms with E-state index in [0.717, 1.165) is 38.2 Å². The fraction of sp³-hybridized carbons (Fsp3) is 0.667. The first-order valence-corrected chi connectivity index (χ1v) is 6.41. The van der Waals surface area contributed by atoms with Gasteiger partial charge in [0.25, 0.3) is 0 Å². The van der Waals surface area contributed by atoms with Gasteiger partial charge in [-0.1, -0.05) is 6.92 Å². The van der Waals surface area contributed by atoms with E-state index in [4.69, 9.17) is 10.6 Å². The lowest BCUT2D eigenvalue weighted by atomic mass is 10.1. The summed E-state index contributed by atoms with van der Waals surface area (Å²) in [6.45, 7) is 4.14. The molecule has 0 atom stereocenters. The number of hydrogen-bond acceptors (Lipinski definition) is 6. The first-order valence-electron chi connectivity index (χ1n) is 6.41. The second-order valence-corrected chi connectivity index (χ2v) is 4.63. The average molecular weight is 251 g/mol. The second kappa shape index (κ2) is 5.97. The number of aryl methyl sites for hydroxylation is 1. The standard InChI is InChI=1S/C12H21N5O/c1-3-10-14-11(16-13)8-12(15-10)18-9-4-6-17(2)7-5-9/h8-9H,3-7,13H2,1-2H3,(H,14,15,16). The number of nitrogens with two attached hydrogens (primary N) is 1. The van der Waals surface area contributed by atoms with Crippen LogP contribution in [0.25, 0.3) is 0 Å². The first kappa shape index (κ1) is 13.0. The number of rotatable bonds is 4. The zero-order chi connectivity index (χ0) is 13.0. The molecule has 1 aliphatic rings. The molecule has 1 saturated heterocycles. The molecule has 6 nitrogen and oxygen atoms in total. The SMILES string of the molecule is CCc1nc(NN)cc(OC2CCN(C)CC2)n1. The smallest absolute Gasteiger partial charge is 0.219 e. The van der Waals surface area contributed by atoms with E-state index < -0.39 is 0 Å². The fourth-order valence-corrected chi connectivity index (χ4v) is 2.04. The van der Waals surface area contributed by atoms with Crippen LogP contribution < -0.4 is 16.0 Å². The summed E-state index contributed by atoms with van der Waals surface area (Å²) in [6.07, 6.45) is 3.08. The fourth-order valence-electron chi connectivity index (χ4n) is 2.04. The molecular weight excluding hydrogens is 230 g/mol. The summed E-state index contributed by atoms with van der Waals surface area (Å²) >= 11 is 0.